The fourth-order valence-electron chi connectivity index (χ4n) is 6.24. The van der Waals surface area contributed by atoms with Crippen molar-refractivity contribution in [1.82, 2.24) is 25.1 Å². The number of hydrogen-bond acceptors (Lipinski definition) is 5. The smallest absolute Gasteiger partial charge is 0.350 e. The van der Waals surface area contributed by atoms with Gasteiger partial charge in [-0.3, -0.25) is 14.6 Å². The van der Waals surface area contributed by atoms with E-state index in [2.05, 4.69) is 20.4 Å². The number of hydrogen-bond donors (Lipinski definition) is 2. The van der Waals surface area contributed by atoms with Crippen LogP contribution < -0.4 is 16.6 Å². The Bertz CT molecular complexity index is 1050. The van der Waals surface area contributed by atoms with Crippen molar-refractivity contribution in [2.75, 3.05) is 6.54 Å². The summed E-state index contributed by atoms with van der Waals surface area (Å²) in [7, 11) is 0. The summed E-state index contributed by atoms with van der Waals surface area (Å²) in [6.45, 7) is 2.51. The van der Waals surface area contributed by atoms with E-state index in [0.717, 1.165) is 34.2 Å². The zero-order valence-electron chi connectivity index (χ0n) is 16.5. The third-order valence-electron chi connectivity index (χ3n) is 7.02. The maximum Gasteiger partial charge on any atom is 0.351 e. The van der Waals surface area contributed by atoms with Gasteiger partial charge in [0.25, 0.3) is 11.5 Å². The molecule has 1 amide bonds. The molecule has 8 nitrogen and oxygen atoms in total. The van der Waals surface area contributed by atoms with Crippen LogP contribution in [0.3, 0.4) is 0 Å². The molecule has 29 heavy (non-hydrogen) atoms. The molecule has 0 aliphatic heterocycles. The van der Waals surface area contributed by atoms with Crippen molar-refractivity contribution in [1.29, 1.82) is 0 Å². The largest absolute Gasteiger partial charge is 0.351 e. The Labute approximate surface area is 167 Å². The molecular weight excluding hydrogens is 370 g/mol. The number of pyridine rings is 1. The number of aromatic nitrogens is 4. The molecule has 4 saturated carbocycles. The van der Waals surface area contributed by atoms with Crippen LogP contribution in [0.15, 0.2) is 27.9 Å². The maximum atomic E-state index is 12.9. The average molecular weight is 395 g/mol. The van der Waals surface area contributed by atoms with E-state index in [1.807, 2.05) is 6.92 Å². The van der Waals surface area contributed by atoms with Crippen molar-refractivity contribution < 1.29 is 4.79 Å². The Morgan fingerprint density at radius 2 is 1.83 bits per heavy atom. The van der Waals surface area contributed by atoms with E-state index >= 15 is 0 Å². The topological polar surface area (TPSA) is 110 Å². The minimum atomic E-state index is -0.686. The van der Waals surface area contributed by atoms with Crippen molar-refractivity contribution in [3.63, 3.8) is 0 Å². The number of aromatic amines is 1. The first-order valence-corrected chi connectivity index (χ1v) is 10.4. The minimum Gasteiger partial charge on any atom is -0.350 e. The molecular formula is C21H25N5O3. The highest BCUT2D eigenvalue weighted by molar-refractivity contribution is 5.93. The van der Waals surface area contributed by atoms with Gasteiger partial charge < -0.3 is 5.32 Å². The molecule has 2 aromatic rings. The van der Waals surface area contributed by atoms with Gasteiger partial charge in [0.1, 0.15) is 11.9 Å². The summed E-state index contributed by atoms with van der Waals surface area (Å²) in [5.74, 6) is 2.48. The number of H-pyrrole nitrogens is 1. The lowest BCUT2D eigenvalue weighted by Gasteiger charge is -2.56. The van der Waals surface area contributed by atoms with Gasteiger partial charge in [0, 0.05) is 6.54 Å². The van der Waals surface area contributed by atoms with Crippen LogP contribution in [-0.2, 0) is 0 Å². The second-order valence-corrected chi connectivity index (χ2v) is 9.29. The molecule has 0 aromatic carbocycles. The third kappa shape index (κ3) is 3.30. The van der Waals surface area contributed by atoms with Crippen molar-refractivity contribution in [3.05, 3.63) is 50.4 Å². The van der Waals surface area contributed by atoms with Crippen LogP contribution >= 0.6 is 0 Å². The van der Waals surface area contributed by atoms with Crippen LogP contribution in [0.25, 0.3) is 5.82 Å². The highest BCUT2D eigenvalue weighted by atomic mass is 16.2. The second kappa shape index (κ2) is 6.64. The van der Waals surface area contributed by atoms with E-state index in [-0.39, 0.29) is 22.8 Å². The highest BCUT2D eigenvalue weighted by Crippen LogP contribution is 2.59. The maximum absolute atomic E-state index is 12.9. The summed E-state index contributed by atoms with van der Waals surface area (Å²) in [4.78, 5) is 42.7. The Kier molecular flexibility index (Phi) is 4.18. The Morgan fingerprint density at radius 1 is 1.17 bits per heavy atom. The van der Waals surface area contributed by atoms with E-state index < -0.39 is 11.2 Å². The second-order valence-electron chi connectivity index (χ2n) is 9.29. The van der Waals surface area contributed by atoms with Crippen LogP contribution in [0.2, 0.25) is 0 Å². The van der Waals surface area contributed by atoms with Gasteiger partial charge in [0.05, 0.1) is 0 Å². The van der Waals surface area contributed by atoms with Gasteiger partial charge in [-0.25, -0.2) is 9.78 Å². The normalized spacial score (nSPS) is 29.8. The summed E-state index contributed by atoms with van der Waals surface area (Å²) >= 11 is 0. The standard InChI is InChI=1S/C21H25N5O3/c1-12-2-3-16(26-20(29)25-17(27)10-23-26)24-18(12)19(28)22-11-21-7-13-4-14(8-21)6-15(5-13)9-21/h2-3,10,13-15H,4-9,11H2,1H3,(H,22,28)(H,25,27,29). The molecule has 0 radical (unpaired) electrons. The van der Waals surface area contributed by atoms with Crippen LogP contribution in [0.4, 0.5) is 0 Å². The van der Waals surface area contributed by atoms with Crippen LogP contribution in [0.1, 0.15) is 54.6 Å². The lowest BCUT2D eigenvalue weighted by molar-refractivity contribution is -0.0503. The molecule has 4 bridgehead atoms. The lowest BCUT2D eigenvalue weighted by Crippen LogP contribution is -2.51. The number of rotatable bonds is 4. The molecule has 4 aliphatic rings. The van der Waals surface area contributed by atoms with Gasteiger partial charge >= 0.3 is 5.69 Å². The van der Waals surface area contributed by atoms with E-state index in [1.54, 1.807) is 12.1 Å². The fourth-order valence-corrected chi connectivity index (χ4v) is 6.24. The Hall–Kier alpha value is -2.77. The predicted octanol–water partition coefficient (Wildman–Crippen LogP) is 1.57. The Morgan fingerprint density at radius 3 is 2.45 bits per heavy atom. The van der Waals surface area contributed by atoms with Crippen LogP contribution in [0, 0.1) is 30.1 Å². The summed E-state index contributed by atoms with van der Waals surface area (Å²) in [6, 6.07) is 3.35. The molecule has 4 fully saturated rings. The number of carbonyl (C=O) groups is 1. The van der Waals surface area contributed by atoms with Crippen molar-refractivity contribution in [3.8, 4) is 5.82 Å². The van der Waals surface area contributed by atoms with E-state index in [9.17, 15) is 14.4 Å². The molecule has 4 aliphatic carbocycles. The molecule has 0 atom stereocenters. The first-order valence-electron chi connectivity index (χ1n) is 10.4. The fraction of sp³-hybridized carbons (Fsp3) is 0.571. The quantitative estimate of drug-likeness (QED) is 0.817. The first-order chi connectivity index (χ1) is 13.9. The lowest BCUT2D eigenvalue weighted by atomic mass is 9.49. The number of nitrogens with one attached hydrogen (secondary N) is 2. The van der Waals surface area contributed by atoms with Crippen molar-refractivity contribution in [2.45, 2.75) is 45.4 Å². The average Bonchev–Trinajstić information content (AvgIpc) is 2.66. The summed E-state index contributed by atoms with van der Waals surface area (Å²) in [5, 5.41) is 6.95. The van der Waals surface area contributed by atoms with Crippen molar-refractivity contribution in [2.24, 2.45) is 23.2 Å². The van der Waals surface area contributed by atoms with Gasteiger partial charge in [0.2, 0.25) is 0 Å². The molecule has 2 heterocycles. The summed E-state index contributed by atoms with van der Waals surface area (Å²) in [6.07, 6.45) is 8.80. The van der Waals surface area contributed by atoms with Crippen molar-refractivity contribution >= 4 is 5.91 Å². The van der Waals surface area contributed by atoms with Gasteiger partial charge in [-0.05, 0) is 80.2 Å². The van der Waals surface area contributed by atoms with E-state index in [1.165, 1.54) is 38.5 Å². The molecule has 6 rings (SSSR count). The SMILES string of the molecule is Cc1ccc(-n2ncc(=O)[nH]c2=O)nc1C(=O)NCC12CC3CC(CC(C3)C1)C2. The van der Waals surface area contributed by atoms with E-state index in [0.29, 0.717) is 6.54 Å². The molecule has 8 heteroatoms. The van der Waals surface area contributed by atoms with Gasteiger partial charge in [0.15, 0.2) is 5.82 Å². The molecule has 152 valence electrons. The highest BCUT2D eigenvalue weighted by Gasteiger charge is 2.50. The molecule has 0 unspecified atom stereocenters. The first kappa shape index (κ1) is 18.3. The predicted molar refractivity (Wildman–Crippen MR) is 106 cm³/mol. The number of carbonyl (C=O) groups excluding carboxylic acids is 1. The molecule has 0 spiro atoms. The van der Waals surface area contributed by atoms with E-state index in [4.69, 9.17) is 0 Å². The molecule has 2 N–H and O–H groups in total. The molecule has 0 saturated heterocycles. The molecule has 2 aromatic heterocycles. The number of amides is 1. The third-order valence-corrected chi connectivity index (χ3v) is 7.02. The van der Waals surface area contributed by atoms with Crippen LogP contribution in [-0.4, -0.2) is 32.2 Å². The Balaban J connectivity index is 1.36. The van der Waals surface area contributed by atoms with Gasteiger partial charge in [-0.1, -0.05) is 6.07 Å². The number of nitrogens with zero attached hydrogens (tertiary/aromatic N) is 3. The van der Waals surface area contributed by atoms with Gasteiger partial charge in [-0.2, -0.15) is 9.78 Å². The number of aryl methyl sites for hydroxylation is 1. The zero-order valence-corrected chi connectivity index (χ0v) is 16.5. The summed E-state index contributed by atoms with van der Waals surface area (Å²) in [5.41, 5.74) is -0.00472. The van der Waals surface area contributed by atoms with Crippen LogP contribution in [0.5, 0.6) is 0 Å². The minimum absolute atomic E-state index is 0.205. The van der Waals surface area contributed by atoms with Gasteiger partial charge in [-0.15, -0.1) is 0 Å². The monoisotopic (exact) mass is 395 g/mol. The zero-order chi connectivity index (χ0) is 20.2. The summed E-state index contributed by atoms with van der Waals surface area (Å²) < 4.78 is 0.983.